The number of hydrogen-bond acceptors (Lipinski definition) is 4. The highest BCUT2D eigenvalue weighted by atomic mass is 19.1. The van der Waals surface area contributed by atoms with Crippen molar-refractivity contribution < 1.29 is 8.81 Å². The van der Waals surface area contributed by atoms with Gasteiger partial charge in [-0.3, -0.25) is 0 Å². The van der Waals surface area contributed by atoms with Crippen LogP contribution in [0, 0.1) is 5.82 Å². The maximum absolute atomic E-state index is 13.2. The smallest absolute Gasteiger partial charge is 0.195 e. The molecule has 5 heteroatoms. The van der Waals surface area contributed by atoms with Crippen LogP contribution < -0.4 is 5.73 Å². The summed E-state index contributed by atoms with van der Waals surface area (Å²) in [4.78, 5) is 8.48. The lowest BCUT2D eigenvalue weighted by molar-refractivity contribution is 0.527. The number of aromatic nitrogens is 2. The molecule has 0 aliphatic heterocycles. The van der Waals surface area contributed by atoms with Gasteiger partial charge < -0.3 is 10.2 Å². The molecule has 0 spiro atoms. The number of anilines is 1. The monoisotopic (exact) mass is 245 g/mol. The van der Waals surface area contributed by atoms with Gasteiger partial charge >= 0.3 is 0 Å². The van der Waals surface area contributed by atoms with Gasteiger partial charge in [-0.25, -0.2) is 14.4 Å². The number of halogens is 1. The molecule has 0 saturated carbocycles. The van der Waals surface area contributed by atoms with Crippen molar-refractivity contribution in [1.82, 2.24) is 9.97 Å². The lowest BCUT2D eigenvalue weighted by Crippen LogP contribution is -1.93. The van der Waals surface area contributed by atoms with Gasteiger partial charge in [-0.1, -0.05) is 6.92 Å². The van der Waals surface area contributed by atoms with E-state index < -0.39 is 0 Å². The molecule has 0 bridgehead atoms. The number of hydrogen-bond donors (Lipinski definition) is 1. The first-order valence-corrected chi connectivity index (χ1v) is 5.83. The van der Waals surface area contributed by atoms with E-state index in [9.17, 15) is 4.39 Å². The first-order valence-electron chi connectivity index (χ1n) is 5.83. The van der Waals surface area contributed by atoms with E-state index in [1.807, 2.05) is 6.92 Å². The maximum atomic E-state index is 13.2. The van der Waals surface area contributed by atoms with Crippen molar-refractivity contribution in [2.24, 2.45) is 0 Å². The van der Waals surface area contributed by atoms with Gasteiger partial charge in [-0.2, -0.15) is 0 Å². The third-order valence-electron chi connectivity index (χ3n) is 2.82. The normalized spacial score (nSPS) is 11.4. The Kier molecular flexibility index (Phi) is 2.40. The van der Waals surface area contributed by atoms with E-state index in [-0.39, 0.29) is 11.6 Å². The largest absolute Gasteiger partial charge is 0.440 e. The van der Waals surface area contributed by atoms with Gasteiger partial charge in [0.05, 0.1) is 5.52 Å². The van der Waals surface area contributed by atoms with E-state index >= 15 is 0 Å². The highest BCUT2D eigenvalue weighted by Gasteiger charge is 2.13. The van der Waals surface area contributed by atoms with Gasteiger partial charge in [0.25, 0.3) is 0 Å². The molecule has 0 unspecified atom stereocenters. The molecule has 2 aromatic heterocycles. The minimum atomic E-state index is -0.345. The third-order valence-corrected chi connectivity index (χ3v) is 2.82. The standard InChI is InChI=1S/C13H12FN3O/c1-2-3-10-17-11-12(18-10)8-5-4-7(14)6-9(8)16-13(11)15/h4-6H,2-3H2,1H3,(H2,15,16). The van der Waals surface area contributed by atoms with E-state index in [0.717, 1.165) is 18.2 Å². The van der Waals surface area contributed by atoms with E-state index in [4.69, 9.17) is 10.2 Å². The predicted molar refractivity (Wildman–Crippen MR) is 67.7 cm³/mol. The summed E-state index contributed by atoms with van der Waals surface area (Å²) in [6, 6.07) is 4.36. The molecule has 2 N–H and O–H groups in total. The van der Waals surface area contributed by atoms with Crippen LogP contribution in [0.4, 0.5) is 10.2 Å². The molecule has 0 atom stereocenters. The molecular weight excluding hydrogens is 233 g/mol. The molecule has 4 nitrogen and oxygen atoms in total. The lowest BCUT2D eigenvalue weighted by atomic mass is 10.2. The second-order valence-electron chi connectivity index (χ2n) is 4.19. The summed E-state index contributed by atoms with van der Waals surface area (Å²) in [7, 11) is 0. The fourth-order valence-corrected chi connectivity index (χ4v) is 2.01. The summed E-state index contributed by atoms with van der Waals surface area (Å²) in [6.45, 7) is 2.05. The van der Waals surface area contributed by atoms with Crippen molar-refractivity contribution in [3.63, 3.8) is 0 Å². The molecule has 0 saturated heterocycles. The molecule has 0 aliphatic carbocycles. The highest BCUT2D eigenvalue weighted by molar-refractivity contribution is 6.04. The number of benzene rings is 1. The average molecular weight is 245 g/mol. The minimum Gasteiger partial charge on any atom is -0.440 e. The molecule has 18 heavy (non-hydrogen) atoms. The van der Waals surface area contributed by atoms with Crippen LogP contribution in [-0.4, -0.2) is 9.97 Å². The SMILES string of the molecule is CCCc1nc2c(N)nc3cc(F)ccc3c2o1. The summed E-state index contributed by atoms with van der Waals surface area (Å²) in [6.07, 6.45) is 1.68. The lowest BCUT2D eigenvalue weighted by Gasteiger charge is -1.99. The zero-order chi connectivity index (χ0) is 12.7. The average Bonchev–Trinajstić information content (AvgIpc) is 2.74. The van der Waals surface area contributed by atoms with Crippen molar-refractivity contribution in [2.45, 2.75) is 19.8 Å². The maximum Gasteiger partial charge on any atom is 0.195 e. The van der Waals surface area contributed by atoms with Crippen molar-refractivity contribution in [2.75, 3.05) is 5.73 Å². The Bertz CT molecular complexity index is 736. The summed E-state index contributed by atoms with van der Waals surface area (Å²) in [5.74, 6) is 0.564. The predicted octanol–water partition coefficient (Wildman–Crippen LogP) is 3.05. The fourth-order valence-electron chi connectivity index (χ4n) is 2.01. The van der Waals surface area contributed by atoms with Crippen LogP contribution >= 0.6 is 0 Å². The molecular formula is C13H12FN3O. The number of nitrogens with zero attached hydrogens (tertiary/aromatic N) is 2. The van der Waals surface area contributed by atoms with Crippen LogP contribution in [0.1, 0.15) is 19.2 Å². The molecule has 3 aromatic rings. The molecule has 0 aliphatic rings. The molecule has 0 fully saturated rings. The molecule has 0 radical (unpaired) electrons. The van der Waals surface area contributed by atoms with E-state index in [0.29, 0.717) is 22.5 Å². The van der Waals surface area contributed by atoms with Crippen molar-refractivity contribution in [3.05, 3.63) is 29.9 Å². The Hall–Kier alpha value is -2.17. The van der Waals surface area contributed by atoms with Gasteiger partial charge in [0.1, 0.15) is 5.82 Å². The number of oxazole rings is 1. The zero-order valence-corrected chi connectivity index (χ0v) is 9.90. The fraction of sp³-hybridized carbons (Fsp3) is 0.231. The Morgan fingerprint density at radius 3 is 2.94 bits per heavy atom. The van der Waals surface area contributed by atoms with E-state index in [1.165, 1.54) is 12.1 Å². The summed E-state index contributed by atoms with van der Waals surface area (Å²) in [5.41, 5.74) is 7.45. The Labute approximate surface area is 103 Å². The number of nitrogens with two attached hydrogens (primary N) is 1. The van der Waals surface area contributed by atoms with Gasteiger partial charge in [0.15, 0.2) is 22.8 Å². The highest BCUT2D eigenvalue weighted by Crippen LogP contribution is 2.29. The number of pyridine rings is 1. The first-order chi connectivity index (χ1) is 8.69. The summed E-state index contributed by atoms with van der Waals surface area (Å²) >= 11 is 0. The van der Waals surface area contributed by atoms with Crippen LogP contribution in [0.15, 0.2) is 22.6 Å². The first kappa shape index (κ1) is 11.0. The number of aryl methyl sites for hydroxylation is 1. The van der Waals surface area contributed by atoms with Crippen LogP contribution in [0.5, 0.6) is 0 Å². The number of rotatable bonds is 2. The Morgan fingerprint density at radius 2 is 2.17 bits per heavy atom. The molecule has 92 valence electrons. The van der Waals surface area contributed by atoms with Crippen molar-refractivity contribution in [1.29, 1.82) is 0 Å². The van der Waals surface area contributed by atoms with Crippen LogP contribution in [0.2, 0.25) is 0 Å². The van der Waals surface area contributed by atoms with Crippen molar-refractivity contribution in [3.8, 4) is 0 Å². The van der Waals surface area contributed by atoms with E-state index in [2.05, 4.69) is 9.97 Å². The van der Waals surface area contributed by atoms with E-state index in [1.54, 1.807) is 6.07 Å². The number of nitrogen functional groups attached to an aromatic ring is 1. The zero-order valence-electron chi connectivity index (χ0n) is 9.90. The quantitative estimate of drug-likeness (QED) is 0.753. The second-order valence-corrected chi connectivity index (χ2v) is 4.19. The molecule has 1 aromatic carbocycles. The second kappa shape index (κ2) is 3.94. The topological polar surface area (TPSA) is 64.9 Å². The summed E-state index contributed by atoms with van der Waals surface area (Å²) in [5, 5.41) is 0.732. The van der Waals surface area contributed by atoms with Gasteiger partial charge in [-0.15, -0.1) is 0 Å². The minimum absolute atomic E-state index is 0.272. The van der Waals surface area contributed by atoms with Gasteiger partial charge in [-0.05, 0) is 18.6 Å². The molecule has 0 amide bonds. The Balaban J connectivity index is 2.37. The van der Waals surface area contributed by atoms with Gasteiger partial charge in [0.2, 0.25) is 0 Å². The van der Waals surface area contributed by atoms with Gasteiger partial charge in [0, 0.05) is 17.9 Å². The third kappa shape index (κ3) is 1.59. The van der Waals surface area contributed by atoms with Crippen molar-refractivity contribution >= 4 is 27.8 Å². The molecule has 3 rings (SSSR count). The van der Waals surface area contributed by atoms with Crippen LogP contribution in [0.25, 0.3) is 22.0 Å². The van der Waals surface area contributed by atoms with Crippen LogP contribution in [0.3, 0.4) is 0 Å². The van der Waals surface area contributed by atoms with Crippen LogP contribution in [-0.2, 0) is 6.42 Å². The number of fused-ring (bicyclic) bond motifs is 3. The Morgan fingerprint density at radius 1 is 1.33 bits per heavy atom. The summed E-state index contributed by atoms with van der Waals surface area (Å²) < 4.78 is 18.9. The molecule has 2 heterocycles.